The lowest BCUT2D eigenvalue weighted by Gasteiger charge is -2.20. The summed E-state index contributed by atoms with van der Waals surface area (Å²) >= 11 is 0. The summed E-state index contributed by atoms with van der Waals surface area (Å²) in [6.45, 7) is 4.04. The lowest BCUT2D eigenvalue weighted by molar-refractivity contribution is -0.117. The fourth-order valence-corrected chi connectivity index (χ4v) is 2.44. The Balaban J connectivity index is 1.90. The number of nitrogens with zero attached hydrogens (tertiary/aromatic N) is 3. The molecule has 1 aliphatic carbocycles. The molecule has 1 aliphatic rings. The molecule has 1 heterocycles. The normalized spacial score (nSPS) is 18.3. The topological polar surface area (TPSA) is 59.8 Å². The Labute approximate surface area is 120 Å². The first-order valence-electron chi connectivity index (χ1n) is 7.59. The summed E-state index contributed by atoms with van der Waals surface area (Å²) in [4.78, 5) is 11.6. The van der Waals surface area contributed by atoms with Crippen molar-refractivity contribution in [2.45, 2.75) is 64.5 Å². The van der Waals surface area contributed by atoms with Crippen LogP contribution in [0.3, 0.4) is 0 Å². The molecule has 1 aromatic rings. The summed E-state index contributed by atoms with van der Waals surface area (Å²) in [5, 5.41) is 11.2. The molecule has 2 rings (SSSR count). The predicted molar refractivity (Wildman–Crippen MR) is 79.1 cm³/mol. The van der Waals surface area contributed by atoms with Crippen molar-refractivity contribution in [2.24, 2.45) is 0 Å². The van der Waals surface area contributed by atoms with Crippen molar-refractivity contribution in [3.05, 3.63) is 18.0 Å². The monoisotopic (exact) mass is 276 g/mol. The zero-order chi connectivity index (χ0) is 14.4. The molecule has 0 saturated heterocycles. The molecule has 5 heteroatoms. The van der Waals surface area contributed by atoms with Crippen molar-refractivity contribution >= 4 is 12.0 Å². The number of carbonyl (C=O) groups is 1. The molecule has 0 bridgehead atoms. The molecule has 1 atom stereocenters. The summed E-state index contributed by atoms with van der Waals surface area (Å²) < 4.78 is 1.95. The molecule has 1 amide bonds. The maximum Gasteiger partial charge on any atom is 0.244 e. The van der Waals surface area contributed by atoms with Gasteiger partial charge in [0.05, 0.1) is 12.2 Å². The number of hydrogen-bond acceptors (Lipinski definition) is 3. The molecule has 1 aromatic heterocycles. The Hall–Kier alpha value is -1.65. The molecule has 1 N–H and O–H groups in total. The number of carbonyl (C=O) groups excluding carboxylic acids is 1. The van der Waals surface area contributed by atoms with Crippen molar-refractivity contribution in [2.75, 3.05) is 0 Å². The quantitative estimate of drug-likeness (QED) is 0.841. The highest BCUT2D eigenvalue weighted by Gasteiger charge is 2.16. The highest BCUT2D eigenvalue weighted by Crippen LogP contribution is 2.27. The van der Waals surface area contributed by atoms with Crippen LogP contribution in [0.4, 0.5) is 0 Å². The number of aromatic nitrogens is 3. The van der Waals surface area contributed by atoms with E-state index in [0.717, 1.165) is 12.1 Å². The van der Waals surface area contributed by atoms with Crippen LogP contribution in [-0.2, 0) is 4.79 Å². The van der Waals surface area contributed by atoms with E-state index in [9.17, 15) is 4.79 Å². The number of nitrogens with one attached hydrogen (secondary N) is 1. The van der Waals surface area contributed by atoms with Crippen LogP contribution in [0.15, 0.2) is 12.3 Å². The minimum absolute atomic E-state index is 0.0773. The van der Waals surface area contributed by atoms with Crippen molar-refractivity contribution in [1.82, 2.24) is 20.3 Å². The lowest BCUT2D eigenvalue weighted by Crippen LogP contribution is -2.30. The van der Waals surface area contributed by atoms with E-state index in [1.54, 1.807) is 6.08 Å². The Morgan fingerprint density at radius 1 is 1.50 bits per heavy atom. The number of rotatable bonds is 5. The average molecular weight is 276 g/mol. The van der Waals surface area contributed by atoms with Crippen LogP contribution in [-0.4, -0.2) is 26.9 Å². The molecule has 0 aliphatic heterocycles. The first kappa shape index (κ1) is 14.8. The third-order valence-corrected chi connectivity index (χ3v) is 3.88. The van der Waals surface area contributed by atoms with Gasteiger partial charge >= 0.3 is 0 Å². The molecule has 110 valence electrons. The van der Waals surface area contributed by atoms with Crippen LogP contribution < -0.4 is 5.32 Å². The highest BCUT2D eigenvalue weighted by atomic mass is 16.1. The van der Waals surface area contributed by atoms with Gasteiger partial charge in [-0.15, -0.1) is 5.10 Å². The molecule has 1 saturated carbocycles. The van der Waals surface area contributed by atoms with E-state index in [4.69, 9.17) is 0 Å². The van der Waals surface area contributed by atoms with Crippen LogP contribution in [0.5, 0.6) is 0 Å². The molecule has 20 heavy (non-hydrogen) atoms. The van der Waals surface area contributed by atoms with Crippen LogP contribution in [0.2, 0.25) is 0 Å². The third-order valence-electron chi connectivity index (χ3n) is 3.88. The maximum absolute atomic E-state index is 11.6. The smallest absolute Gasteiger partial charge is 0.244 e. The summed E-state index contributed by atoms with van der Waals surface area (Å²) in [7, 11) is 0. The first-order chi connectivity index (χ1) is 9.69. The van der Waals surface area contributed by atoms with Crippen LogP contribution >= 0.6 is 0 Å². The first-order valence-corrected chi connectivity index (χ1v) is 7.59. The van der Waals surface area contributed by atoms with Crippen LogP contribution in [0.1, 0.15) is 64.1 Å². The van der Waals surface area contributed by atoms with E-state index in [-0.39, 0.29) is 11.9 Å². The summed E-state index contributed by atoms with van der Waals surface area (Å²) in [5.74, 6) is -0.0773. The van der Waals surface area contributed by atoms with E-state index in [1.165, 1.54) is 38.2 Å². The van der Waals surface area contributed by atoms with Gasteiger partial charge in [-0.2, -0.15) is 0 Å². The van der Waals surface area contributed by atoms with Crippen molar-refractivity contribution in [3.8, 4) is 0 Å². The van der Waals surface area contributed by atoms with E-state index in [0.29, 0.717) is 6.04 Å². The van der Waals surface area contributed by atoms with Gasteiger partial charge in [-0.1, -0.05) is 31.4 Å². The second-order valence-corrected chi connectivity index (χ2v) is 5.57. The van der Waals surface area contributed by atoms with E-state index in [2.05, 4.69) is 15.6 Å². The maximum atomic E-state index is 11.6. The average Bonchev–Trinajstić information content (AvgIpc) is 2.95. The van der Waals surface area contributed by atoms with Crippen molar-refractivity contribution < 1.29 is 4.79 Å². The van der Waals surface area contributed by atoms with Gasteiger partial charge in [0.1, 0.15) is 5.69 Å². The van der Waals surface area contributed by atoms with Gasteiger partial charge in [-0.25, -0.2) is 4.68 Å². The van der Waals surface area contributed by atoms with E-state index >= 15 is 0 Å². The van der Waals surface area contributed by atoms with E-state index in [1.807, 2.05) is 24.7 Å². The minimum atomic E-state index is -0.0773. The molecule has 0 aromatic carbocycles. The SMILES string of the molecule is CCC(C)NC(=O)/C=C\c1cn(C2CCCCC2)nn1. The molecular weight excluding hydrogens is 252 g/mol. The Morgan fingerprint density at radius 2 is 2.25 bits per heavy atom. The Kier molecular flexibility index (Phi) is 5.32. The second-order valence-electron chi connectivity index (χ2n) is 5.57. The highest BCUT2D eigenvalue weighted by molar-refractivity contribution is 5.91. The van der Waals surface area contributed by atoms with Gasteiger partial charge in [-0.05, 0) is 32.3 Å². The minimum Gasteiger partial charge on any atom is -0.350 e. The number of amides is 1. The molecule has 1 fully saturated rings. The zero-order valence-corrected chi connectivity index (χ0v) is 12.4. The van der Waals surface area contributed by atoms with Crippen LogP contribution in [0, 0.1) is 0 Å². The Morgan fingerprint density at radius 3 is 2.95 bits per heavy atom. The number of hydrogen-bond donors (Lipinski definition) is 1. The second kappa shape index (κ2) is 7.22. The lowest BCUT2D eigenvalue weighted by atomic mass is 9.96. The van der Waals surface area contributed by atoms with Gasteiger partial charge in [-0.3, -0.25) is 4.79 Å². The van der Waals surface area contributed by atoms with Crippen molar-refractivity contribution in [1.29, 1.82) is 0 Å². The molecular formula is C15H24N4O. The molecule has 0 spiro atoms. The summed E-state index contributed by atoms with van der Waals surface area (Å²) in [6, 6.07) is 0.678. The van der Waals surface area contributed by atoms with Gasteiger partial charge in [0.25, 0.3) is 0 Å². The third kappa shape index (κ3) is 4.18. The van der Waals surface area contributed by atoms with E-state index < -0.39 is 0 Å². The van der Waals surface area contributed by atoms with Gasteiger partial charge < -0.3 is 5.32 Å². The molecule has 5 nitrogen and oxygen atoms in total. The summed E-state index contributed by atoms with van der Waals surface area (Å²) in [5.41, 5.74) is 0.745. The van der Waals surface area contributed by atoms with Gasteiger partial charge in [0.15, 0.2) is 0 Å². The van der Waals surface area contributed by atoms with Gasteiger partial charge in [0.2, 0.25) is 5.91 Å². The standard InChI is InChI=1S/C15H24N4O/c1-3-12(2)16-15(20)10-9-13-11-19(18-17-13)14-7-5-4-6-8-14/h9-12,14H,3-8H2,1-2H3,(H,16,20)/b10-9-. The fourth-order valence-electron chi connectivity index (χ4n) is 2.44. The van der Waals surface area contributed by atoms with Crippen molar-refractivity contribution in [3.63, 3.8) is 0 Å². The summed E-state index contributed by atoms with van der Waals surface area (Å²) in [6.07, 6.45) is 12.3. The fraction of sp³-hybridized carbons (Fsp3) is 0.667. The largest absolute Gasteiger partial charge is 0.350 e. The zero-order valence-electron chi connectivity index (χ0n) is 12.4. The van der Waals surface area contributed by atoms with Crippen LogP contribution in [0.25, 0.3) is 6.08 Å². The molecule has 1 unspecified atom stereocenters. The van der Waals surface area contributed by atoms with Gasteiger partial charge in [0, 0.05) is 12.1 Å². The molecule has 0 radical (unpaired) electrons. The predicted octanol–water partition coefficient (Wildman–Crippen LogP) is 2.71. The Bertz CT molecular complexity index is 460.